The quantitative estimate of drug-likeness (QED) is 0.772. The lowest BCUT2D eigenvalue weighted by Crippen LogP contribution is -2.16. The van der Waals surface area contributed by atoms with Crippen LogP contribution in [-0.4, -0.2) is 22.9 Å². The minimum absolute atomic E-state index is 0.122. The van der Waals surface area contributed by atoms with E-state index in [0.717, 1.165) is 0 Å². The van der Waals surface area contributed by atoms with Crippen LogP contribution in [-0.2, 0) is 5.41 Å². The van der Waals surface area contributed by atoms with Gasteiger partial charge in [0.25, 0.3) is 0 Å². The summed E-state index contributed by atoms with van der Waals surface area (Å²) in [4.78, 5) is 4.29. The highest BCUT2D eigenvalue weighted by molar-refractivity contribution is 5.03. The molecule has 1 aromatic heterocycles. The molecular formula is C10H16FN3O. The number of alkyl halides is 1. The zero-order valence-electron chi connectivity index (χ0n) is 9.25. The van der Waals surface area contributed by atoms with Gasteiger partial charge < -0.3 is 9.84 Å². The molecule has 0 amide bonds. The van der Waals surface area contributed by atoms with Gasteiger partial charge in [-0.05, 0) is 0 Å². The lowest BCUT2D eigenvalue weighted by atomic mass is 9.96. The monoisotopic (exact) mass is 213 g/mol. The molecule has 0 radical (unpaired) electrons. The molecule has 1 fully saturated rings. The molecule has 0 aliphatic carbocycles. The summed E-state index contributed by atoms with van der Waals surface area (Å²) in [7, 11) is 0. The summed E-state index contributed by atoms with van der Waals surface area (Å²) in [5.74, 6) is 1.17. The van der Waals surface area contributed by atoms with Crippen molar-refractivity contribution in [1.82, 2.24) is 15.5 Å². The SMILES string of the molecule is CC(C)(C)c1noc([C@@H]2C[C@H](F)CN2)n1. The Morgan fingerprint density at radius 2 is 2.20 bits per heavy atom. The van der Waals surface area contributed by atoms with Crippen LogP contribution in [0.4, 0.5) is 4.39 Å². The number of halogens is 1. The molecule has 1 aliphatic rings. The maximum atomic E-state index is 12.9. The van der Waals surface area contributed by atoms with Crippen LogP contribution in [0, 0.1) is 0 Å². The summed E-state index contributed by atoms with van der Waals surface area (Å²) in [5, 5.41) is 6.92. The first-order valence-corrected chi connectivity index (χ1v) is 5.18. The highest BCUT2D eigenvalue weighted by Crippen LogP contribution is 2.26. The van der Waals surface area contributed by atoms with Crippen LogP contribution in [0.2, 0.25) is 0 Å². The molecule has 1 aliphatic heterocycles. The van der Waals surface area contributed by atoms with Gasteiger partial charge in [-0.3, -0.25) is 0 Å². The molecule has 15 heavy (non-hydrogen) atoms. The molecule has 0 bridgehead atoms. The molecule has 1 N–H and O–H groups in total. The van der Waals surface area contributed by atoms with Crippen LogP contribution in [0.3, 0.4) is 0 Å². The average molecular weight is 213 g/mol. The molecule has 0 unspecified atom stereocenters. The van der Waals surface area contributed by atoms with Crippen molar-refractivity contribution in [2.45, 2.75) is 44.8 Å². The fourth-order valence-corrected chi connectivity index (χ4v) is 1.56. The summed E-state index contributed by atoms with van der Waals surface area (Å²) in [6.45, 7) is 6.42. The van der Waals surface area contributed by atoms with E-state index < -0.39 is 6.17 Å². The van der Waals surface area contributed by atoms with E-state index in [-0.39, 0.29) is 11.5 Å². The standard InChI is InChI=1S/C10H16FN3O/c1-10(2,3)9-13-8(15-14-9)7-4-6(11)5-12-7/h6-7,12H,4-5H2,1-3H3/t6-,7-/m0/s1. The van der Waals surface area contributed by atoms with Gasteiger partial charge in [0, 0.05) is 18.4 Å². The molecule has 5 heteroatoms. The maximum absolute atomic E-state index is 12.9. The largest absolute Gasteiger partial charge is 0.338 e. The summed E-state index contributed by atoms with van der Waals surface area (Å²) in [5.41, 5.74) is -0.129. The number of hydrogen-bond acceptors (Lipinski definition) is 4. The zero-order chi connectivity index (χ0) is 11.1. The fourth-order valence-electron chi connectivity index (χ4n) is 1.56. The van der Waals surface area contributed by atoms with E-state index in [1.165, 1.54) is 0 Å². The predicted molar refractivity (Wildman–Crippen MR) is 53.3 cm³/mol. The van der Waals surface area contributed by atoms with Gasteiger partial charge in [0.1, 0.15) is 6.17 Å². The first kappa shape index (κ1) is 10.5. The van der Waals surface area contributed by atoms with E-state index in [1.807, 2.05) is 20.8 Å². The van der Waals surface area contributed by atoms with Gasteiger partial charge in [-0.1, -0.05) is 25.9 Å². The minimum atomic E-state index is -0.806. The topological polar surface area (TPSA) is 51.0 Å². The van der Waals surface area contributed by atoms with Crippen molar-refractivity contribution >= 4 is 0 Å². The average Bonchev–Trinajstić information content (AvgIpc) is 2.69. The molecule has 2 heterocycles. The van der Waals surface area contributed by atoms with Crippen molar-refractivity contribution in [3.8, 4) is 0 Å². The molecule has 4 nitrogen and oxygen atoms in total. The third-order valence-electron chi connectivity index (χ3n) is 2.49. The Morgan fingerprint density at radius 1 is 1.47 bits per heavy atom. The van der Waals surface area contributed by atoms with E-state index >= 15 is 0 Å². The van der Waals surface area contributed by atoms with Crippen molar-refractivity contribution in [2.24, 2.45) is 0 Å². The number of aromatic nitrogens is 2. The van der Waals surface area contributed by atoms with E-state index in [1.54, 1.807) is 0 Å². The molecule has 0 saturated carbocycles. The summed E-state index contributed by atoms with van der Waals surface area (Å²) < 4.78 is 18.1. The molecule has 84 valence electrons. The van der Waals surface area contributed by atoms with Crippen molar-refractivity contribution in [1.29, 1.82) is 0 Å². The Hall–Kier alpha value is -0.970. The van der Waals surface area contributed by atoms with Gasteiger partial charge in [-0.15, -0.1) is 0 Å². The third kappa shape index (κ3) is 2.17. The Kier molecular flexibility index (Phi) is 2.50. The van der Waals surface area contributed by atoms with E-state index in [4.69, 9.17) is 4.52 Å². The van der Waals surface area contributed by atoms with Crippen LogP contribution in [0.15, 0.2) is 4.52 Å². The van der Waals surface area contributed by atoms with Gasteiger partial charge in [-0.2, -0.15) is 4.98 Å². The van der Waals surface area contributed by atoms with Gasteiger partial charge >= 0.3 is 0 Å². The lowest BCUT2D eigenvalue weighted by molar-refractivity contribution is 0.319. The van der Waals surface area contributed by atoms with E-state index in [9.17, 15) is 4.39 Å². The summed E-state index contributed by atoms with van der Waals surface area (Å²) in [6, 6.07) is -0.122. The Balaban J connectivity index is 2.14. The van der Waals surface area contributed by atoms with Gasteiger partial charge in [0.15, 0.2) is 5.82 Å². The van der Waals surface area contributed by atoms with Gasteiger partial charge in [0.05, 0.1) is 6.04 Å². The van der Waals surface area contributed by atoms with E-state index in [2.05, 4.69) is 15.5 Å². The number of nitrogens with one attached hydrogen (secondary N) is 1. The van der Waals surface area contributed by atoms with Gasteiger partial charge in [0.2, 0.25) is 5.89 Å². The maximum Gasteiger partial charge on any atom is 0.243 e. The Bertz CT molecular complexity index is 345. The second-order valence-electron chi connectivity index (χ2n) is 5.00. The Labute approximate surface area is 88.2 Å². The van der Waals surface area contributed by atoms with E-state index in [0.29, 0.717) is 24.7 Å². The smallest absolute Gasteiger partial charge is 0.243 e. The van der Waals surface area contributed by atoms with Crippen LogP contribution >= 0.6 is 0 Å². The van der Waals surface area contributed by atoms with Crippen LogP contribution in [0.5, 0.6) is 0 Å². The lowest BCUT2D eigenvalue weighted by Gasteiger charge is -2.11. The highest BCUT2D eigenvalue weighted by Gasteiger charge is 2.30. The molecular weight excluding hydrogens is 197 g/mol. The second kappa shape index (κ2) is 3.56. The normalized spacial score (nSPS) is 27.2. The first-order valence-electron chi connectivity index (χ1n) is 5.18. The molecule has 2 atom stereocenters. The second-order valence-corrected chi connectivity index (χ2v) is 5.00. The summed E-state index contributed by atoms with van der Waals surface area (Å²) >= 11 is 0. The number of rotatable bonds is 1. The highest BCUT2D eigenvalue weighted by atomic mass is 19.1. The van der Waals surface area contributed by atoms with Crippen molar-refractivity contribution in [3.05, 3.63) is 11.7 Å². The molecule has 0 spiro atoms. The number of nitrogens with zero attached hydrogens (tertiary/aromatic N) is 2. The molecule has 1 saturated heterocycles. The minimum Gasteiger partial charge on any atom is -0.338 e. The predicted octanol–water partition coefficient (Wildman–Crippen LogP) is 1.74. The number of hydrogen-bond donors (Lipinski definition) is 1. The van der Waals surface area contributed by atoms with Crippen molar-refractivity contribution < 1.29 is 8.91 Å². The van der Waals surface area contributed by atoms with Gasteiger partial charge in [-0.25, -0.2) is 4.39 Å². The molecule has 2 rings (SSSR count). The molecule has 0 aromatic carbocycles. The van der Waals surface area contributed by atoms with Crippen LogP contribution < -0.4 is 5.32 Å². The van der Waals surface area contributed by atoms with Crippen molar-refractivity contribution in [3.63, 3.8) is 0 Å². The molecule has 1 aromatic rings. The first-order chi connectivity index (χ1) is 6.97. The summed E-state index contributed by atoms with van der Waals surface area (Å²) in [6.07, 6.45) is -0.383. The van der Waals surface area contributed by atoms with Crippen molar-refractivity contribution in [2.75, 3.05) is 6.54 Å². The van der Waals surface area contributed by atoms with Crippen LogP contribution in [0.1, 0.15) is 44.9 Å². The zero-order valence-corrected chi connectivity index (χ0v) is 9.25. The van der Waals surface area contributed by atoms with Crippen LogP contribution in [0.25, 0.3) is 0 Å². The Morgan fingerprint density at radius 3 is 2.67 bits per heavy atom. The third-order valence-corrected chi connectivity index (χ3v) is 2.49. The fraction of sp³-hybridized carbons (Fsp3) is 0.800.